The van der Waals surface area contributed by atoms with Gasteiger partial charge >= 0.3 is 0 Å². The molecule has 1 atom stereocenters. The molecule has 1 aromatic rings. The van der Waals surface area contributed by atoms with E-state index < -0.39 is 0 Å². The number of hydrogen-bond donors (Lipinski definition) is 1. The van der Waals surface area contributed by atoms with Crippen LogP contribution in [0, 0.1) is 17.2 Å². The summed E-state index contributed by atoms with van der Waals surface area (Å²) in [6.07, 6.45) is 1.88. The van der Waals surface area contributed by atoms with Gasteiger partial charge in [0.2, 0.25) is 0 Å². The lowest BCUT2D eigenvalue weighted by molar-refractivity contribution is -0.119. The van der Waals surface area contributed by atoms with E-state index in [-0.39, 0.29) is 11.7 Å². The van der Waals surface area contributed by atoms with E-state index in [0.29, 0.717) is 23.4 Å². The van der Waals surface area contributed by atoms with Crippen LogP contribution in [0.15, 0.2) is 30.5 Å². The molecule has 0 aliphatic rings. The third-order valence-electron chi connectivity index (χ3n) is 2.98. The number of benzene rings is 1. The van der Waals surface area contributed by atoms with Crippen molar-refractivity contribution >= 4 is 23.1 Å². The van der Waals surface area contributed by atoms with E-state index in [2.05, 4.69) is 11.9 Å². The number of Topliss-reactive ketones (excluding diaryl/α,β-unsaturated/α-hetero) is 1. The summed E-state index contributed by atoms with van der Waals surface area (Å²) in [5.41, 5.74) is 2.08. The Balaban J connectivity index is 2.56. The number of nitrogens with one attached hydrogen (secondary N) is 1. The molecule has 106 valence electrons. The minimum Gasteiger partial charge on any atom is -0.359 e. The van der Waals surface area contributed by atoms with Gasteiger partial charge in [-0.05, 0) is 30.5 Å². The van der Waals surface area contributed by atoms with Crippen molar-refractivity contribution in [1.29, 1.82) is 5.26 Å². The van der Waals surface area contributed by atoms with Crippen molar-refractivity contribution in [2.75, 3.05) is 5.32 Å². The summed E-state index contributed by atoms with van der Waals surface area (Å²) in [4.78, 5) is 11.4. The average molecular weight is 291 g/mol. The molecule has 3 nitrogen and oxygen atoms in total. The van der Waals surface area contributed by atoms with Crippen molar-refractivity contribution in [3.8, 4) is 6.07 Å². The predicted octanol–water partition coefficient (Wildman–Crippen LogP) is 4.53. The Morgan fingerprint density at radius 2 is 2.20 bits per heavy atom. The second-order valence-electron chi connectivity index (χ2n) is 4.94. The fraction of sp³-hybridized carbons (Fsp3) is 0.375. The topological polar surface area (TPSA) is 52.9 Å². The fourth-order valence-corrected chi connectivity index (χ4v) is 2.19. The lowest BCUT2D eigenvalue weighted by atomic mass is 9.98. The second kappa shape index (κ2) is 7.72. The van der Waals surface area contributed by atoms with Crippen molar-refractivity contribution < 1.29 is 4.79 Å². The summed E-state index contributed by atoms with van der Waals surface area (Å²) in [6.45, 7) is 7.87. The minimum atomic E-state index is 0.260. The standard InChI is InChI=1S/C16H19ClN2O/c1-4-15(20)8-11(2)7-12(3)19-14-6-5-13(10-18)16(17)9-14/h5-6,9,11,19H,3-4,7-8H2,1-2H3. The summed E-state index contributed by atoms with van der Waals surface area (Å²) < 4.78 is 0. The molecule has 0 aliphatic carbocycles. The quantitative estimate of drug-likeness (QED) is 0.802. The van der Waals surface area contributed by atoms with Gasteiger partial charge in [-0.15, -0.1) is 0 Å². The van der Waals surface area contributed by atoms with Crippen LogP contribution in [-0.2, 0) is 4.79 Å². The lowest BCUT2D eigenvalue weighted by Gasteiger charge is -2.14. The summed E-state index contributed by atoms with van der Waals surface area (Å²) in [6, 6.07) is 7.18. The Morgan fingerprint density at radius 1 is 1.50 bits per heavy atom. The van der Waals surface area contributed by atoms with Crippen LogP contribution in [0.5, 0.6) is 0 Å². The molecule has 1 aromatic carbocycles. The summed E-state index contributed by atoms with van der Waals surface area (Å²) in [7, 11) is 0. The van der Waals surface area contributed by atoms with Gasteiger partial charge in [-0.1, -0.05) is 32.0 Å². The Labute approximate surface area is 125 Å². The van der Waals surface area contributed by atoms with Crippen LogP contribution in [0.2, 0.25) is 5.02 Å². The maximum atomic E-state index is 11.4. The molecule has 1 N–H and O–H groups in total. The van der Waals surface area contributed by atoms with E-state index >= 15 is 0 Å². The highest BCUT2D eigenvalue weighted by Gasteiger charge is 2.09. The Kier molecular flexibility index (Phi) is 6.27. The summed E-state index contributed by atoms with van der Waals surface area (Å²) in [5, 5.41) is 12.4. The van der Waals surface area contributed by atoms with Gasteiger partial charge in [-0.25, -0.2) is 0 Å². The van der Waals surface area contributed by atoms with Gasteiger partial charge in [0.15, 0.2) is 0 Å². The van der Waals surface area contributed by atoms with E-state index in [4.69, 9.17) is 16.9 Å². The first kappa shape index (κ1) is 16.3. The molecule has 0 aliphatic heterocycles. The number of ketones is 1. The number of nitriles is 1. The highest BCUT2D eigenvalue weighted by atomic mass is 35.5. The Hall–Kier alpha value is -1.79. The maximum Gasteiger partial charge on any atom is 0.132 e. The zero-order valence-electron chi connectivity index (χ0n) is 11.9. The van der Waals surface area contributed by atoms with E-state index in [1.54, 1.807) is 18.2 Å². The molecule has 1 unspecified atom stereocenters. The van der Waals surface area contributed by atoms with Gasteiger partial charge in [0, 0.05) is 24.2 Å². The van der Waals surface area contributed by atoms with Crippen LogP contribution in [0.3, 0.4) is 0 Å². The van der Waals surface area contributed by atoms with Gasteiger partial charge in [0.1, 0.15) is 11.9 Å². The molecule has 0 radical (unpaired) electrons. The second-order valence-corrected chi connectivity index (χ2v) is 5.35. The molecule has 1 rings (SSSR count). The number of allylic oxidation sites excluding steroid dienone is 1. The van der Waals surface area contributed by atoms with Crippen LogP contribution >= 0.6 is 11.6 Å². The third-order valence-corrected chi connectivity index (χ3v) is 3.29. The fourth-order valence-electron chi connectivity index (χ4n) is 1.96. The van der Waals surface area contributed by atoms with Gasteiger partial charge < -0.3 is 5.32 Å². The van der Waals surface area contributed by atoms with E-state index in [0.717, 1.165) is 17.8 Å². The first-order chi connectivity index (χ1) is 9.46. The van der Waals surface area contributed by atoms with Crippen LogP contribution in [-0.4, -0.2) is 5.78 Å². The SMILES string of the molecule is C=C(CC(C)CC(=O)CC)Nc1ccc(C#N)c(Cl)c1. The van der Waals surface area contributed by atoms with E-state index in [1.807, 2.05) is 19.9 Å². The Bertz CT molecular complexity index is 546. The van der Waals surface area contributed by atoms with Crippen LogP contribution < -0.4 is 5.32 Å². The molecule has 0 heterocycles. The first-order valence-corrected chi connectivity index (χ1v) is 7.00. The van der Waals surface area contributed by atoms with E-state index in [9.17, 15) is 4.79 Å². The lowest BCUT2D eigenvalue weighted by Crippen LogP contribution is -2.08. The number of carbonyl (C=O) groups excluding carboxylic acids is 1. The predicted molar refractivity (Wildman–Crippen MR) is 82.6 cm³/mol. The molecule has 0 spiro atoms. The molecule has 4 heteroatoms. The molecule has 0 saturated heterocycles. The molecule has 20 heavy (non-hydrogen) atoms. The van der Waals surface area contributed by atoms with Crippen molar-refractivity contribution in [3.05, 3.63) is 41.1 Å². The summed E-state index contributed by atoms with van der Waals surface area (Å²) in [5.74, 6) is 0.531. The largest absolute Gasteiger partial charge is 0.359 e. The molecular weight excluding hydrogens is 272 g/mol. The molecule has 0 aromatic heterocycles. The Morgan fingerprint density at radius 3 is 2.75 bits per heavy atom. The van der Waals surface area contributed by atoms with Crippen LogP contribution in [0.25, 0.3) is 0 Å². The van der Waals surface area contributed by atoms with Crippen LogP contribution in [0.4, 0.5) is 5.69 Å². The average Bonchev–Trinajstić information content (AvgIpc) is 2.38. The number of halogens is 1. The molecule has 0 saturated carbocycles. The number of anilines is 1. The number of rotatable bonds is 7. The third kappa shape index (κ3) is 5.07. The highest BCUT2D eigenvalue weighted by Crippen LogP contribution is 2.23. The normalized spacial score (nSPS) is 11.5. The van der Waals surface area contributed by atoms with Crippen LogP contribution in [0.1, 0.15) is 38.7 Å². The van der Waals surface area contributed by atoms with Crippen molar-refractivity contribution in [2.24, 2.45) is 5.92 Å². The smallest absolute Gasteiger partial charge is 0.132 e. The van der Waals surface area contributed by atoms with Crippen molar-refractivity contribution in [2.45, 2.75) is 33.1 Å². The van der Waals surface area contributed by atoms with Gasteiger partial charge in [0.05, 0.1) is 10.6 Å². The van der Waals surface area contributed by atoms with Gasteiger partial charge in [-0.2, -0.15) is 5.26 Å². The van der Waals surface area contributed by atoms with Crippen molar-refractivity contribution in [3.63, 3.8) is 0 Å². The van der Waals surface area contributed by atoms with E-state index in [1.165, 1.54) is 0 Å². The number of carbonyl (C=O) groups is 1. The van der Waals surface area contributed by atoms with Gasteiger partial charge in [-0.3, -0.25) is 4.79 Å². The number of hydrogen-bond acceptors (Lipinski definition) is 3. The number of nitrogens with zero attached hydrogens (tertiary/aromatic N) is 1. The monoisotopic (exact) mass is 290 g/mol. The highest BCUT2D eigenvalue weighted by molar-refractivity contribution is 6.32. The molecule has 0 fully saturated rings. The minimum absolute atomic E-state index is 0.260. The molecule has 0 bridgehead atoms. The van der Waals surface area contributed by atoms with Crippen molar-refractivity contribution in [1.82, 2.24) is 0 Å². The van der Waals surface area contributed by atoms with Gasteiger partial charge in [0.25, 0.3) is 0 Å². The molecule has 0 amide bonds. The maximum absolute atomic E-state index is 11.4. The first-order valence-electron chi connectivity index (χ1n) is 6.62. The zero-order chi connectivity index (χ0) is 15.1. The summed E-state index contributed by atoms with van der Waals surface area (Å²) >= 11 is 5.97. The molecular formula is C16H19ClN2O. The zero-order valence-corrected chi connectivity index (χ0v) is 12.6.